The smallest absolute Gasteiger partial charge is 0.311 e. The molecule has 7 atom stereocenters. The van der Waals surface area contributed by atoms with Crippen LogP contribution in [0, 0.1) is 11.8 Å². The summed E-state index contributed by atoms with van der Waals surface area (Å²) >= 11 is 1.54. The van der Waals surface area contributed by atoms with Crippen LogP contribution in [0.4, 0.5) is 0 Å². The summed E-state index contributed by atoms with van der Waals surface area (Å²) in [6, 6.07) is 7.80. The van der Waals surface area contributed by atoms with Crippen LogP contribution in [0.3, 0.4) is 0 Å². The first-order valence-electron chi connectivity index (χ1n) is 13.8. The molecule has 2 saturated heterocycles. The molecule has 0 saturated carbocycles. The number of aliphatic hydroxyl groups excluding tert-OH is 1. The molecule has 0 aliphatic carbocycles. The van der Waals surface area contributed by atoms with Gasteiger partial charge in [0.25, 0.3) is 0 Å². The summed E-state index contributed by atoms with van der Waals surface area (Å²) in [6.45, 7) is 6.57. The fraction of sp³-hybridized carbons (Fsp3) is 0.567. The lowest BCUT2D eigenvalue weighted by Crippen LogP contribution is -2.56. The molecule has 38 heavy (non-hydrogen) atoms. The number of aliphatic hydroxyl groups is 1. The van der Waals surface area contributed by atoms with E-state index >= 15 is 0 Å². The second-order valence-electron chi connectivity index (χ2n) is 11.1. The van der Waals surface area contributed by atoms with E-state index in [4.69, 9.17) is 4.74 Å². The molecule has 7 nitrogen and oxygen atoms in total. The van der Waals surface area contributed by atoms with E-state index in [0.717, 1.165) is 31.2 Å². The van der Waals surface area contributed by atoms with Crippen LogP contribution in [0.25, 0.3) is 0 Å². The summed E-state index contributed by atoms with van der Waals surface area (Å²) in [6.07, 6.45) is 11.5. The number of fused-ring (bicyclic) bond motifs is 2. The number of amides is 2. The number of ether oxygens (including phenoxy) is 1. The Kier molecular flexibility index (Phi) is 7.48. The van der Waals surface area contributed by atoms with Crippen LogP contribution in [0.2, 0.25) is 0 Å². The summed E-state index contributed by atoms with van der Waals surface area (Å²) < 4.78 is 4.03. The number of hydrogen-bond acceptors (Lipinski definition) is 6. The molecule has 1 aromatic carbocycles. The normalized spacial score (nSPS) is 35.3. The van der Waals surface area contributed by atoms with Crippen LogP contribution in [0.5, 0.6) is 0 Å². The Hall–Kier alpha value is -2.58. The van der Waals surface area contributed by atoms with Crippen molar-refractivity contribution in [2.45, 2.75) is 74.1 Å². The number of nitrogens with zero attached hydrogens (tertiary/aromatic N) is 2. The molecule has 1 spiro atoms. The van der Waals surface area contributed by atoms with E-state index in [0.29, 0.717) is 13.2 Å². The average Bonchev–Trinajstić information content (AvgIpc) is 3.25. The van der Waals surface area contributed by atoms with E-state index in [2.05, 4.69) is 19.1 Å². The van der Waals surface area contributed by atoms with Crippen molar-refractivity contribution in [3.8, 4) is 0 Å². The van der Waals surface area contributed by atoms with Gasteiger partial charge in [0.15, 0.2) is 0 Å². The Morgan fingerprint density at radius 2 is 1.87 bits per heavy atom. The number of carbonyl (C=O) groups is 3. The van der Waals surface area contributed by atoms with Gasteiger partial charge in [0.1, 0.15) is 6.04 Å². The SMILES string of the molecule is CCCC(C)N1CC=C[C@]23S[C@@]4(C)/C=C\CCCOC(=O)[C@H]4[C@H]2C(=O)N([C@H](CO)c2ccccc2)C3C1=O. The van der Waals surface area contributed by atoms with Gasteiger partial charge in [-0.3, -0.25) is 14.4 Å². The number of carbonyl (C=O) groups excluding carboxylic acids is 3. The largest absolute Gasteiger partial charge is 0.465 e. The summed E-state index contributed by atoms with van der Waals surface area (Å²) in [4.78, 5) is 46.2. The molecule has 2 amide bonds. The molecule has 1 aromatic rings. The van der Waals surface area contributed by atoms with Gasteiger partial charge >= 0.3 is 5.97 Å². The van der Waals surface area contributed by atoms with Crippen LogP contribution < -0.4 is 0 Å². The number of benzene rings is 1. The number of allylic oxidation sites excluding steroid dienone is 1. The highest BCUT2D eigenvalue weighted by molar-refractivity contribution is 8.02. The van der Waals surface area contributed by atoms with E-state index in [-0.39, 0.29) is 30.4 Å². The van der Waals surface area contributed by atoms with Crippen molar-refractivity contribution in [2.24, 2.45) is 11.8 Å². The maximum Gasteiger partial charge on any atom is 0.311 e. The highest BCUT2D eigenvalue weighted by atomic mass is 32.2. The van der Waals surface area contributed by atoms with Gasteiger partial charge in [0.2, 0.25) is 11.8 Å². The van der Waals surface area contributed by atoms with Crippen molar-refractivity contribution in [2.75, 3.05) is 19.8 Å². The van der Waals surface area contributed by atoms with Crippen LogP contribution in [0.15, 0.2) is 54.6 Å². The van der Waals surface area contributed by atoms with Gasteiger partial charge in [0, 0.05) is 17.3 Å². The minimum absolute atomic E-state index is 0.00311. The first-order valence-corrected chi connectivity index (χ1v) is 14.6. The fourth-order valence-electron chi connectivity index (χ4n) is 6.93. The highest BCUT2D eigenvalue weighted by Crippen LogP contribution is 2.66. The Morgan fingerprint density at radius 3 is 2.58 bits per heavy atom. The van der Waals surface area contributed by atoms with Crippen molar-refractivity contribution in [1.82, 2.24) is 9.80 Å². The molecular weight excluding hydrogens is 500 g/mol. The number of thioether (sulfide) groups is 1. The molecule has 2 fully saturated rings. The first kappa shape index (κ1) is 27.0. The van der Waals surface area contributed by atoms with Crippen LogP contribution in [0.1, 0.15) is 58.1 Å². The van der Waals surface area contributed by atoms with Gasteiger partial charge in [-0.2, -0.15) is 0 Å². The van der Waals surface area contributed by atoms with Gasteiger partial charge in [-0.05, 0) is 38.7 Å². The lowest BCUT2D eigenvalue weighted by Gasteiger charge is -2.41. The molecule has 204 valence electrons. The van der Waals surface area contributed by atoms with E-state index < -0.39 is 33.4 Å². The Bertz CT molecular complexity index is 1140. The summed E-state index contributed by atoms with van der Waals surface area (Å²) in [5, 5.41) is 10.6. The van der Waals surface area contributed by atoms with Crippen molar-refractivity contribution >= 4 is 29.5 Å². The van der Waals surface area contributed by atoms with Crippen LogP contribution in [-0.4, -0.2) is 74.0 Å². The molecule has 4 aliphatic rings. The average molecular weight is 539 g/mol. The van der Waals surface area contributed by atoms with E-state index in [9.17, 15) is 19.5 Å². The van der Waals surface area contributed by atoms with Crippen molar-refractivity contribution < 1.29 is 24.2 Å². The van der Waals surface area contributed by atoms with E-state index in [1.54, 1.807) is 16.7 Å². The lowest BCUT2D eigenvalue weighted by molar-refractivity contribution is -0.154. The maximum atomic E-state index is 14.6. The van der Waals surface area contributed by atoms with Crippen LogP contribution in [-0.2, 0) is 19.1 Å². The number of rotatable bonds is 6. The molecular formula is C30H38N2O5S. The zero-order valence-corrected chi connectivity index (χ0v) is 23.2. The van der Waals surface area contributed by atoms with E-state index in [1.165, 1.54) is 0 Å². The summed E-state index contributed by atoms with van der Waals surface area (Å²) in [7, 11) is 0. The first-order chi connectivity index (χ1) is 18.3. The van der Waals surface area contributed by atoms with Gasteiger partial charge in [0.05, 0.1) is 35.8 Å². The summed E-state index contributed by atoms with van der Waals surface area (Å²) in [5.74, 6) is -2.30. The molecule has 2 unspecified atom stereocenters. The standard InChI is InChI=1S/C30H38N2O5S/c1-4-12-20(2)31-17-11-16-30-23(24-28(36)37-18-10-6-9-15-29(24,3)38-30)26(34)32(25(30)27(31)35)22(19-33)21-13-7-5-8-14-21/h5,7-9,11,13-16,20,22-25,33H,4,6,10,12,17-19H2,1-3H3/b15-9-/t20?,22-,23+,24-,25?,29+,30+/m1/s1. The topological polar surface area (TPSA) is 87.2 Å². The number of likely N-dealkylation sites (tertiary alicyclic amines) is 1. The molecule has 0 aromatic heterocycles. The van der Waals surface area contributed by atoms with Crippen molar-refractivity contribution in [1.29, 1.82) is 0 Å². The molecule has 0 radical (unpaired) electrons. The van der Waals surface area contributed by atoms with Gasteiger partial charge in [-0.25, -0.2) is 0 Å². The molecule has 4 aliphatic heterocycles. The quantitative estimate of drug-likeness (QED) is 0.437. The second kappa shape index (κ2) is 10.5. The zero-order chi connectivity index (χ0) is 27.1. The lowest BCUT2D eigenvalue weighted by atomic mass is 9.74. The number of esters is 1. The predicted octanol–water partition coefficient (Wildman–Crippen LogP) is 3.89. The molecule has 4 heterocycles. The highest BCUT2D eigenvalue weighted by Gasteiger charge is 2.74. The third-order valence-corrected chi connectivity index (χ3v) is 10.4. The zero-order valence-electron chi connectivity index (χ0n) is 22.4. The molecule has 0 bridgehead atoms. The summed E-state index contributed by atoms with van der Waals surface area (Å²) in [5.41, 5.74) is 0.761. The fourth-order valence-corrected chi connectivity index (χ4v) is 9.07. The van der Waals surface area contributed by atoms with Crippen LogP contribution >= 0.6 is 11.8 Å². The minimum Gasteiger partial charge on any atom is -0.465 e. The maximum absolute atomic E-state index is 14.6. The third-order valence-electron chi connectivity index (χ3n) is 8.65. The third kappa shape index (κ3) is 4.20. The van der Waals surface area contributed by atoms with Crippen molar-refractivity contribution in [3.05, 3.63) is 60.2 Å². The van der Waals surface area contributed by atoms with Gasteiger partial charge in [-0.15, -0.1) is 11.8 Å². The van der Waals surface area contributed by atoms with Crippen molar-refractivity contribution in [3.63, 3.8) is 0 Å². The monoisotopic (exact) mass is 538 g/mol. The number of cyclic esters (lactones) is 1. The molecule has 5 rings (SSSR count). The van der Waals surface area contributed by atoms with Gasteiger partial charge in [-0.1, -0.05) is 68.0 Å². The Labute approximate surface area is 229 Å². The predicted molar refractivity (Wildman–Crippen MR) is 147 cm³/mol. The number of hydrogen-bond donors (Lipinski definition) is 1. The second-order valence-corrected chi connectivity index (χ2v) is 12.9. The molecule has 1 N–H and O–H groups in total. The Morgan fingerprint density at radius 1 is 1.11 bits per heavy atom. The van der Waals surface area contributed by atoms with Gasteiger partial charge < -0.3 is 19.6 Å². The molecule has 8 heteroatoms. The van der Waals surface area contributed by atoms with E-state index in [1.807, 2.05) is 61.2 Å². The minimum atomic E-state index is -0.959. The Balaban J connectivity index is 1.69.